The second-order valence-electron chi connectivity index (χ2n) is 10.0. The van der Waals surface area contributed by atoms with Crippen LogP contribution >= 0.6 is 0 Å². The van der Waals surface area contributed by atoms with E-state index in [9.17, 15) is 9.18 Å². The van der Waals surface area contributed by atoms with Crippen molar-refractivity contribution in [3.63, 3.8) is 0 Å². The molecular weight excluding hydrogens is 530 g/mol. The van der Waals surface area contributed by atoms with Gasteiger partial charge in [-0.15, -0.1) is 0 Å². The van der Waals surface area contributed by atoms with E-state index in [0.29, 0.717) is 47.8 Å². The number of halogens is 2. The Morgan fingerprint density at radius 2 is 1.73 bits per heavy atom. The number of carbonyl (C=O) groups excluding carboxylic acids is 1. The highest BCUT2D eigenvalue weighted by molar-refractivity contribution is 5.71. The Labute approximate surface area is 236 Å². The molecule has 4 aromatic rings. The fourth-order valence-corrected chi connectivity index (χ4v) is 5.33. The average molecular weight is 559 g/mol. The Morgan fingerprint density at radius 3 is 2.54 bits per heavy atom. The van der Waals surface area contributed by atoms with Crippen molar-refractivity contribution in [2.45, 2.75) is 37.9 Å². The summed E-state index contributed by atoms with van der Waals surface area (Å²) >= 11 is 0. The average Bonchev–Trinajstić information content (AvgIpc) is 3.59. The van der Waals surface area contributed by atoms with E-state index >= 15 is 4.39 Å². The van der Waals surface area contributed by atoms with Crippen molar-refractivity contribution in [3.8, 4) is 28.7 Å². The summed E-state index contributed by atoms with van der Waals surface area (Å²) in [6.45, 7) is 0.630. The van der Waals surface area contributed by atoms with E-state index in [1.165, 1.54) is 25.3 Å². The van der Waals surface area contributed by atoms with Crippen LogP contribution in [0.1, 0.15) is 47.1 Å². The van der Waals surface area contributed by atoms with Gasteiger partial charge in [-0.2, -0.15) is 0 Å². The Morgan fingerprint density at radius 1 is 0.927 bits per heavy atom. The van der Waals surface area contributed by atoms with Gasteiger partial charge in [0, 0.05) is 34.7 Å². The Bertz CT molecular complexity index is 1570. The van der Waals surface area contributed by atoms with E-state index in [4.69, 9.17) is 23.7 Å². The lowest BCUT2D eigenvalue weighted by Gasteiger charge is -2.17. The third kappa shape index (κ3) is 5.68. The van der Waals surface area contributed by atoms with E-state index in [0.717, 1.165) is 11.1 Å². The molecule has 2 aliphatic rings. The molecule has 1 unspecified atom stereocenters. The molecule has 0 fully saturated rings. The zero-order chi connectivity index (χ0) is 28.3. The van der Waals surface area contributed by atoms with Crippen LogP contribution in [-0.2, 0) is 22.6 Å². The minimum atomic E-state index is -0.550. The fourth-order valence-electron chi connectivity index (χ4n) is 5.33. The Hall–Kier alpha value is -4.59. The van der Waals surface area contributed by atoms with Crippen LogP contribution in [0.15, 0.2) is 78.9 Å². The normalized spacial score (nSPS) is 16.9. The number of methoxy groups -OCH3 is 1. The summed E-state index contributed by atoms with van der Waals surface area (Å²) in [5.41, 5.74) is 2.97. The summed E-state index contributed by atoms with van der Waals surface area (Å²) in [6, 6.07) is 22.3. The SMILES string of the molecule is COC(=O)C[C@H]1COc2cc(OC3CCc4c(Oc5ccc(OCc6ccccc6)c(F)c5)ccc(F)c43)ccc21. The molecule has 6 nitrogen and oxygen atoms in total. The van der Waals surface area contributed by atoms with Gasteiger partial charge >= 0.3 is 5.97 Å². The van der Waals surface area contributed by atoms with Crippen molar-refractivity contribution < 1.29 is 37.3 Å². The highest BCUT2D eigenvalue weighted by atomic mass is 19.1. The molecule has 1 aliphatic carbocycles. The molecule has 0 aromatic heterocycles. The van der Waals surface area contributed by atoms with Crippen LogP contribution in [0.2, 0.25) is 0 Å². The minimum Gasteiger partial charge on any atom is -0.492 e. The predicted molar refractivity (Wildman–Crippen MR) is 147 cm³/mol. The third-order valence-corrected chi connectivity index (χ3v) is 7.39. The van der Waals surface area contributed by atoms with Gasteiger partial charge in [-0.1, -0.05) is 36.4 Å². The third-order valence-electron chi connectivity index (χ3n) is 7.39. The first-order valence-electron chi connectivity index (χ1n) is 13.4. The maximum absolute atomic E-state index is 15.0. The number of benzene rings is 4. The number of rotatable bonds is 9. The predicted octanol–water partition coefficient (Wildman–Crippen LogP) is 7.44. The maximum Gasteiger partial charge on any atom is 0.306 e. The molecule has 0 bridgehead atoms. The molecule has 0 radical (unpaired) electrons. The zero-order valence-electron chi connectivity index (χ0n) is 22.4. The van der Waals surface area contributed by atoms with Gasteiger partial charge in [0.05, 0.1) is 20.1 Å². The molecule has 2 atom stereocenters. The van der Waals surface area contributed by atoms with Crippen LogP contribution in [-0.4, -0.2) is 19.7 Å². The molecule has 0 spiro atoms. The van der Waals surface area contributed by atoms with Crippen molar-refractivity contribution in [2.75, 3.05) is 13.7 Å². The second-order valence-corrected chi connectivity index (χ2v) is 10.0. The molecule has 210 valence electrons. The van der Waals surface area contributed by atoms with Crippen LogP contribution in [0.25, 0.3) is 0 Å². The van der Waals surface area contributed by atoms with E-state index in [1.54, 1.807) is 24.3 Å². The maximum atomic E-state index is 15.0. The first-order valence-corrected chi connectivity index (χ1v) is 13.4. The summed E-state index contributed by atoms with van der Waals surface area (Å²) in [5, 5.41) is 0. The van der Waals surface area contributed by atoms with E-state index < -0.39 is 11.9 Å². The number of hydrogen-bond acceptors (Lipinski definition) is 6. The van der Waals surface area contributed by atoms with E-state index in [1.807, 2.05) is 36.4 Å². The van der Waals surface area contributed by atoms with Gasteiger partial charge in [0.25, 0.3) is 0 Å². The molecule has 6 rings (SSSR count). The van der Waals surface area contributed by atoms with Gasteiger partial charge in [-0.05, 0) is 48.7 Å². The van der Waals surface area contributed by atoms with Gasteiger partial charge in [0.15, 0.2) is 11.6 Å². The van der Waals surface area contributed by atoms with Crippen LogP contribution in [0, 0.1) is 11.6 Å². The van der Waals surface area contributed by atoms with E-state index in [2.05, 4.69) is 0 Å². The summed E-state index contributed by atoms with van der Waals surface area (Å²) < 4.78 is 58.2. The van der Waals surface area contributed by atoms with Crippen LogP contribution in [0.4, 0.5) is 8.78 Å². The molecule has 0 saturated carbocycles. The van der Waals surface area contributed by atoms with E-state index in [-0.39, 0.29) is 42.2 Å². The number of ether oxygens (including phenoxy) is 5. The Kier molecular flexibility index (Phi) is 7.46. The summed E-state index contributed by atoms with van der Waals surface area (Å²) in [4.78, 5) is 11.7. The molecule has 41 heavy (non-hydrogen) atoms. The minimum absolute atomic E-state index is 0.0785. The van der Waals surface area contributed by atoms with Crippen molar-refractivity contribution >= 4 is 5.97 Å². The molecule has 1 aliphatic heterocycles. The molecule has 4 aromatic carbocycles. The standard InChI is InChI=1S/C33H28F2O6/c1-37-32(36)15-21-19-39-31-17-23(7-9-24(21)31)41-30-13-10-25-28(14-11-26(34)33(25)30)40-22-8-12-29(27(35)16-22)38-18-20-5-3-2-4-6-20/h2-9,11-12,14,16-17,21,30H,10,13,15,18-19H2,1H3/t21-,30?/m0/s1. The van der Waals surface area contributed by atoms with Crippen LogP contribution in [0.5, 0.6) is 28.7 Å². The highest BCUT2D eigenvalue weighted by Crippen LogP contribution is 2.44. The van der Waals surface area contributed by atoms with Crippen molar-refractivity contribution in [3.05, 3.63) is 113 Å². The topological polar surface area (TPSA) is 63.2 Å². The van der Waals surface area contributed by atoms with Gasteiger partial charge in [-0.3, -0.25) is 4.79 Å². The molecule has 0 saturated heterocycles. The highest BCUT2D eigenvalue weighted by Gasteiger charge is 2.32. The first-order chi connectivity index (χ1) is 20.0. The monoisotopic (exact) mass is 558 g/mol. The molecule has 0 N–H and O–H groups in total. The van der Waals surface area contributed by atoms with Crippen molar-refractivity contribution in [1.82, 2.24) is 0 Å². The van der Waals surface area contributed by atoms with Crippen molar-refractivity contribution in [2.24, 2.45) is 0 Å². The molecule has 0 amide bonds. The number of carbonyl (C=O) groups is 1. The lowest BCUT2D eigenvalue weighted by atomic mass is 9.98. The fraction of sp³-hybridized carbons (Fsp3) is 0.242. The summed E-state index contributed by atoms with van der Waals surface area (Å²) in [7, 11) is 1.36. The largest absolute Gasteiger partial charge is 0.492 e. The van der Waals surface area contributed by atoms with Crippen molar-refractivity contribution in [1.29, 1.82) is 0 Å². The van der Waals surface area contributed by atoms with Gasteiger partial charge < -0.3 is 23.7 Å². The lowest BCUT2D eigenvalue weighted by Crippen LogP contribution is -2.09. The summed E-state index contributed by atoms with van der Waals surface area (Å²) in [6.07, 6.45) is 0.803. The van der Waals surface area contributed by atoms with Gasteiger partial charge in [0.1, 0.15) is 41.5 Å². The number of fused-ring (bicyclic) bond motifs is 2. The first kappa shape index (κ1) is 26.6. The second kappa shape index (κ2) is 11.5. The Balaban J connectivity index is 1.15. The number of esters is 1. The number of hydrogen-bond donors (Lipinski definition) is 0. The zero-order valence-corrected chi connectivity index (χ0v) is 22.4. The van der Waals surface area contributed by atoms with Gasteiger partial charge in [-0.25, -0.2) is 8.78 Å². The molecular formula is C33H28F2O6. The smallest absolute Gasteiger partial charge is 0.306 e. The molecule has 1 heterocycles. The summed E-state index contributed by atoms with van der Waals surface area (Å²) in [5.74, 6) is 0.728. The quantitative estimate of drug-likeness (QED) is 0.199. The van der Waals surface area contributed by atoms with Gasteiger partial charge in [0.2, 0.25) is 0 Å². The lowest BCUT2D eigenvalue weighted by molar-refractivity contribution is -0.141. The van der Waals surface area contributed by atoms with Crippen LogP contribution < -0.4 is 18.9 Å². The molecule has 8 heteroatoms. The van der Waals surface area contributed by atoms with Crippen LogP contribution in [0.3, 0.4) is 0 Å².